The SMILES string of the molecule is CCn1cc(CN2CCN(C(=O)Cn3nc(C(F)(F)F)cc3C3CC3)CC2)c(C)n1. The maximum absolute atomic E-state index is 13.0. The molecule has 0 unspecified atom stereocenters. The van der Waals surface area contributed by atoms with Crippen LogP contribution in [0.5, 0.6) is 0 Å². The first-order valence-electron chi connectivity index (χ1n) is 10.4. The molecule has 1 amide bonds. The molecule has 3 heterocycles. The number of nitrogens with zero attached hydrogens (tertiary/aromatic N) is 6. The van der Waals surface area contributed by atoms with Crippen LogP contribution in [0.3, 0.4) is 0 Å². The summed E-state index contributed by atoms with van der Waals surface area (Å²) in [6.07, 6.45) is -0.733. The Hall–Kier alpha value is -2.36. The monoisotopic (exact) mass is 424 g/mol. The lowest BCUT2D eigenvalue weighted by Gasteiger charge is -2.34. The van der Waals surface area contributed by atoms with Gasteiger partial charge in [-0.3, -0.25) is 19.1 Å². The van der Waals surface area contributed by atoms with Crippen molar-refractivity contribution in [2.45, 2.75) is 58.4 Å². The van der Waals surface area contributed by atoms with Crippen molar-refractivity contribution in [1.29, 1.82) is 0 Å². The van der Waals surface area contributed by atoms with Crippen LogP contribution < -0.4 is 0 Å². The molecule has 0 radical (unpaired) electrons. The highest BCUT2D eigenvalue weighted by molar-refractivity contribution is 5.76. The van der Waals surface area contributed by atoms with E-state index in [0.29, 0.717) is 18.8 Å². The Kier molecular flexibility index (Phi) is 5.61. The number of alkyl halides is 3. The summed E-state index contributed by atoms with van der Waals surface area (Å²) in [5.41, 5.74) is 1.81. The molecule has 0 spiro atoms. The zero-order valence-corrected chi connectivity index (χ0v) is 17.3. The molecule has 0 aromatic carbocycles. The first kappa shape index (κ1) is 20.9. The summed E-state index contributed by atoms with van der Waals surface area (Å²) in [6.45, 7) is 8.10. The lowest BCUT2D eigenvalue weighted by molar-refractivity contribution is -0.142. The Balaban J connectivity index is 1.35. The van der Waals surface area contributed by atoms with Gasteiger partial charge in [0.15, 0.2) is 5.69 Å². The van der Waals surface area contributed by atoms with Gasteiger partial charge in [0.1, 0.15) is 6.54 Å². The number of carbonyl (C=O) groups is 1. The second kappa shape index (κ2) is 8.05. The molecule has 164 valence electrons. The standard InChI is InChI=1S/C20H27F3N6O/c1-3-28-12-16(14(2)24-28)11-26-6-8-27(9-7-26)19(30)13-29-17(15-4-5-15)10-18(25-29)20(21,22)23/h10,12,15H,3-9,11,13H2,1-2H3. The zero-order chi connectivity index (χ0) is 21.5. The van der Waals surface area contributed by atoms with Gasteiger partial charge in [-0.05, 0) is 32.8 Å². The Labute approximate surface area is 173 Å². The molecular formula is C20H27F3N6O. The van der Waals surface area contributed by atoms with Crippen LogP contribution in [-0.2, 0) is 30.6 Å². The Morgan fingerprint density at radius 2 is 1.87 bits per heavy atom. The van der Waals surface area contributed by atoms with Crippen molar-refractivity contribution in [3.63, 3.8) is 0 Å². The minimum absolute atomic E-state index is 0.0884. The van der Waals surface area contributed by atoms with Gasteiger partial charge in [-0.2, -0.15) is 23.4 Å². The molecule has 1 saturated carbocycles. The molecule has 1 aliphatic carbocycles. The predicted molar refractivity (Wildman–Crippen MR) is 104 cm³/mol. The number of hydrogen-bond acceptors (Lipinski definition) is 4. The molecule has 0 bridgehead atoms. The van der Waals surface area contributed by atoms with Gasteiger partial charge in [0.25, 0.3) is 0 Å². The normalized spacial score (nSPS) is 18.2. The van der Waals surface area contributed by atoms with Crippen LogP contribution in [0, 0.1) is 6.92 Å². The summed E-state index contributed by atoms with van der Waals surface area (Å²) in [5, 5.41) is 8.16. The number of carbonyl (C=O) groups excluding carboxylic acids is 1. The van der Waals surface area contributed by atoms with Gasteiger partial charge in [0.05, 0.1) is 5.69 Å². The zero-order valence-electron chi connectivity index (χ0n) is 17.3. The average Bonchev–Trinajstić information content (AvgIpc) is 3.36. The first-order valence-corrected chi connectivity index (χ1v) is 10.4. The summed E-state index contributed by atoms with van der Waals surface area (Å²) < 4.78 is 42.3. The largest absolute Gasteiger partial charge is 0.435 e. The minimum Gasteiger partial charge on any atom is -0.339 e. The van der Waals surface area contributed by atoms with Crippen molar-refractivity contribution in [3.05, 3.63) is 34.9 Å². The Morgan fingerprint density at radius 3 is 2.43 bits per heavy atom. The predicted octanol–water partition coefficient (Wildman–Crippen LogP) is 2.65. The molecule has 4 rings (SSSR count). The van der Waals surface area contributed by atoms with E-state index in [0.717, 1.165) is 50.8 Å². The Bertz CT molecular complexity index is 906. The van der Waals surface area contributed by atoms with Crippen molar-refractivity contribution in [3.8, 4) is 0 Å². The number of rotatable bonds is 6. The highest BCUT2D eigenvalue weighted by atomic mass is 19.4. The van der Waals surface area contributed by atoms with Crippen LogP contribution >= 0.6 is 0 Å². The maximum atomic E-state index is 13.0. The van der Waals surface area contributed by atoms with Gasteiger partial charge in [-0.25, -0.2) is 0 Å². The van der Waals surface area contributed by atoms with Gasteiger partial charge >= 0.3 is 6.18 Å². The molecular weight excluding hydrogens is 397 g/mol. The van der Waals surface area contributed by atoms with E-state index in [4.69, 9.17) is 0 Å². The van der Waals surface area contributed by atoms with E-state index >= 15 is 0 Å². The van der Waals surface area contributed by atoms with Crippen molar-refractivity contribution in [2.24, 2.45) is 0 Å². The average molecular weight is 424 g/mol. The molecule has 0 atom stereocenters. The third kappa shape index (κ3) is 4.53. The van der Waals surface area contributed by atoms with Crippen LogP contribution in [0.4, 0.5) is 13.2 Å². The van der Waals surface area contributed by atoms with Crippen molar-refractivity contribution in [2.75, 3.05) is 26.2 Å². The van der Waals surface area contributed by atoms with Crippen molar-refractivity contribution < 1.29 is 18.0 Å². The van der Waals surface area contributed by atoms with Crippen LogP contribution in [0.2, 0.25) is 0 Å². The van der Waals surface area contributed by atoms with E-state index in [9.17, 15) is 18.0 Å². The fraction of sp³-hybridized carbons (Fsp3) is 0.650. The lowest BCUT2D eigenvalue weighted by Crippen LogP contribution is -2.49. The van der Waals surface area contributed by atoms with Crippen LogP contribution in [-0.4, -0.2) is 61.4 Å². The topological polar surface area (TPSA) is 59.2 Å². The second-order valence-electron chi connectivity index (χ2n) is 8.14. The van der Waals surface area contributed by atoms with E-state index in [1.54, 1.807) is 4.90 Å². The summed E-state index contributed by atoms with van der Waals surface area (Å²) in [7, 11) is 0. The molecule has 2 aromatic rings. The van der Waals surface area contributed by atoms with E-state index in [1.807, 2.05) is 18.5 Å². The number of piperazine rings is 1. The first-order chi connectivity index (χ1) is 14.2. The molecule has 2 aliphatic rings. The maximum Gasteiger partial charge on any atom is 0.435 e. The molecule has 1 aliphatic heterocycles. The molecule has 1 saturated heterocycles. The van der Waals surface area contributed by atoms with Gasteiger partial charge in [0, 0.05) is 62.6 Å². The number of aromatic nitrogens is 4. The van der Waals surface area contributed by atoms with Gasteiger partial charge in [-0.1, -0.05) is 0 Å². The molecule has 0 N–H and O–H groups in total. The fourth-order valence-electron chi connectivity index (χ4n) is 3.90. The van der Waals surface area contributed by atoms with E-state index < -0.39 is 11.9 Å². The van der Waals surface area contributed by atoms with Gasteiger partial charge < -0.3 is 4.90 Å². The summed E-state index contributed by atoms with van der Waals surface area (Å²) in [4.78, 5) is 16.7. The Morgan fingerprint density at radius 1 is 1.17 bits per heavy atom. The van der Waals surface area contributed by atoms with E-state index in [1.165, 1.54) is 10.2 Å². The minimum atomic E-state index is -4.49. The lowest BCUT2D eigenvalue weighted by atomic mass is 10.2. The summed E-state index contributed by atoms with van der Waals surface area (Å²) in [6, 6.07) is 1.10. The number of halogens is 3. The van der Waals surface area contributed by atoms with Gasteiger partial charge in [0.2, 0.25) is 5.91 Å². The van der Waals surface area contributed by atoms with E-state index in [-0.39, 0.29) is 18.4 Å². The molecule has 2 fully saturated rings. The van der Waals surface area contributed by atoms with Gasteiger partial charge in [-0.15, -0.1) is 0 Å². The third-order valence-corrected chi connectivity index (χ3v) is 5.87. The van der Waals surface area contributed by atoms with Crippen molar-refractivity contribution >= 4 is 5.91 Å². The molecule has 7 nitrogen and oxygen atoms in total. The quantitative estimate of drug-likeness (QED) is 0.716. The van der Waals surface area contributed by atoms with E-state index in [2.05, 4.69) is 21.3 Å². The van der Waals surface area contributed by atoms with Crippen LogP contribution in [0.25, 0.3) is 0 Å². The van der Waals surface area contributed by atoms with Crippen molar-refractivity contribution in [1.82, 2.24) is 29.4 Å². The number of aryl methyl sites for hydroxylation is 2. The molecule has 30 heavy (non-hydrogen) atoms. The summed E-state index contributed by atoms with van der Waals surface area (Å²) in [5.74, 6) is -0.0890. The molecule has 2 aromatic heterocycles. The summed E-state index contributed by atoms with van der Waals surface area (Å²) >= 11 is 0. The highest BCUT2D eigenvalue weighted by Crippen LogP contribution is 2.42. The smallest absolute Gasteiger partial charge is 0.339 e. The van der Waals surface area contributed by atoms with Crippen LogP contribution in [0.1, 0.15) is 48.3 Å². The fourth-order valence-corrected chi connectivity index (χ4v) is 3.90. The highest BCUT2D eigenvalue weighted by Gasteiger charge is 2.38. The van der Waals surface area contributed by atoms with Crippen LogP contribution in [0.15, 0.2) is 12.3 Å². The third-order valence-electron chi connectivity index (χ3n) is 5.87. The molecule has 10 heteroatoms. The number of hydrogen-bond donors (Lipinski definition) is 0. The second-order valence-corrected chi connectivity index (χ2v) is 8.14. The number of amides is 1.